The molecule has 0 saturated heterocycles. The molecule has 2 nitrogen and oxygen atoms in total. The van der Waals surface area contributed by atoms with Gasteiger partial charge in [0.25, 0.3) is 0 Å². The zero-order valence-corrected chi connectivity index (χ0v) is 10.9. The molecular formula is C13H13BrFNO. The first kappa shape index (κ1) is 12.3. The molecule has 1 aromatic rings. The van der Waals surface area contributed by atoms with Crippen LogP contribution in [0.2, 0.25) is 0 Å². The quantitative estimate of drug-likeness (QED) is 0.835. The van der Waals surface area contributed by atoms with Gasteiger partial charge in [0.1, 0.15) is 5.82 Å². The van der Waals surface area contributed by atoms with E-state index in [1.54, 1.807) is 18.3 Å². The van der Waals surface area contributed by atoms with E-state index >= 15 is 0 Å². The highest BCUT2D eigenvalue weighted by atomic mass is 79.9. The lowest BCUT2D eigenvalue weighted by Gasteiger charge is -2.13. The van der Waals surface area contributed by atoms with Gasteiger partial charge in [-0.25, -0.2) is 4.39 Å². The number of rotatable bonds is 2. The maximum absolute atomic E-state index is 13.5. The Morgan fingerprint density at radius 1 is 1.29 bits per heavy atom. The van der Waals surface area contributed by atoms with Gasteiger partial charge in [-0.05, 0) is 37.5 Å². The number of benzene rings is 1. The van der Waals surface area contributed by atoms with E-state index in [4.69, 9.17) is 0 Å². The molecule has 1 aromatic carbocycles. The fourth-order valence-corrected chi connectivity index (χ4v) is 2.16. The molecule has 0 aliphatic heterocycles. The molecular weight excluding hydrogens is 285 g/mol. The Kier molecular flexibility index (Phi) is 3.94. The van der Waals surface area contributed by atoms with E-state index in [2.05, 4.69) is 21.2 Å². The minimum Gasteiger partial charge on any atom is -0.359 e. The molecule has 17 heavy (non-hydrogen) atoms. The molecule has 0 bridgehead atoms. The van der Waals surface area contributed by atoms with Crippen molar-refractivity contribution in [1.82, 2.24) is 0 Å². The molecule has 1 fully saturated rings. The first-order valence-electron chi connectivity index (χ1n) is 5.60. The summed E-state index contributed by atoms with van der Waals surface area (Å²) in [6, 6.07) is 4.79. The Bertz CT molecular complexity index is 470. The highest BCUT2D eigenvalue weighted by Gasteiger charge is 2.14. The average molecular weight is 298 g/mol. The topological polar surface area (TPSA) is 29.1 Å². The number of ketones is 1. The normalized spacial score (nSPS) is 18.5. The maximum Gasteiger partial charge on any atom is 0.160 e. The number of anilines is 1. The first-order valence-corrected chi connectivity index (χ1v) is 6.40. The smallest absolute Gasteiger partial charge is 0.160 e. The van der Waals surface area contributed by atoms with Gasteiger partial charge in [0.2, 0.25) is 0 Å². The summed E-state index contributed by atoms with van der Waals surface area (Å²) in [5.41, 5.74) is 1.15. The molecule has 90 valence electrons. The summed E-state index contributed by atoms with van der Waals surface area (Å²) < 4.78 is 14.2. The largest absolute Gasteiger partial charge is 0.359 e. The monoisotopic (exact) mass is 297 g/mol. The van der Waals surface area contributed by atoms with Gasteiger partial charge in [-0.3, -0.25) is 4.79 Å². The fraction of sp³-hybridized carbons (Fsp3) is 0.308. The Morgan fingerprint density at radius 2 is 2.06 bits per heavy atom. The predicted octanol–water partition coefficient (Wildman–Crippen LogP) is 4.03. The second kappa shape index (κ2) is 5.45. The van der Waals surface area contributed by atoms with Crippen LogP contribution < -0.4 is 5.32 Å². The lowest BCUT2D eigenvalue weighted by atomic mass is 9.94. The number of Topliss-reactive ketones (excluding diaryl/α,β-unsaturated/α-hetero) is 1. The molecule has 2 rings (SSSR count). The summed E-state index contributed by atoms with van der Waals surface area (Å²) in [4.78, 5) is 11.5. The van der Waals surface area contributed by atoms with Gasteiger partial charge in [0.15, 0.2) is 5.78 Å². The number of carbonyl (C=O) groups is 1. The van der Waals surface area contributed by atoms with Gasteiger partial charge in [0.05, 0.1) is 5.69 Å². The van der Waals surface area contributed by atoms with Crippen LogP contribution in [0, 0.1) is 5.82 Å². The van der Waals surface area contributed by atoms with Crippen LogP contribution in [-0.4, -0.2) is 5.78 Å². The minimum atomic E-state index is -0.334. The molecule has 0 heterocycles. The number of halogens is 2. The fourth-order valence-electron chi connectivity index (χ4n) is 1.83. The molecule has 1 aliphatic rings. The van der Waals surface area contributed by atoms with E-state index in [9.17, 15) is 9.18 Å². The highest BCUT2D eigenvalue weighted by molar-refractivity contribution is 9.10. The lowest BCUT2D eigenvalue weighted by molar-refractivity contribution is -0.116. The van der Waals surface area contributed by atoms with Gasteiger partial charge < -0.3 is 5.32 Å². The number of nitrogens with one attached hydrogen (secondary N) is 1. The van der Waals surface area contributed by atoms with E-state index < -0.39 is 0 Å². The zero-order chi connectivity index (χ0) is 12.3. The Hall–Kier alpha value is -1.16. The van der Waals surface area contributed by atoms with Crippen LogP contribution in [0.1, 0.15) is 25.7 Å². The Balaban J connectivity index is 2.10. The Morgan fingerprint density at radius 3 is 2.76 bits per heavy atom. The number of hydrogen-bond acceptors (Lipinski definition) is 2. The van der Waals surface area contributed by atoms with Crippen LogP contribution >= 0.6 is 15.9 Å². The summed E-state index contributed by atoms with van der Waals surface area (Å²) in [7, 11) is 0. The molecule has 0 aromatic heterocycles. The molecule has 1 aliphatic carbocycles. The van der Waals surface area contributed by atoms with Crippen molar-refractivity contribution >= 4 is 27.4 Å². The lowest BCUT2D eigenvalue weighted by Crippen LogP contribution is -2.10. The third kappa shape index (κ3) is 3.16. The zero-order valence-electron chi connectivity index (χ0n) is 9.30. The van der Waals surface area contributed by atoms with Crippen molar-refractivity contribution in [2.75, 3.05) is 5.32 Å². The highest BCUT2D eigenvalue weighted by Crippen LogP contribution is 2.22. The molecule has 1 N–H and O–H groups in total. The summed E-state index contributed by atoms with van der Waals surface area (Å²) in [6.45, 7) is 0. The summed E-state index contributed by atoms with van der Waals surface area (Å²) in [5, 5.41) is 2.86. The van der Waals surface area contributed by atoms with Crippen LogP contribution in [-0.2, 0) is 4.79 Å². The van der Waals surface area contributed by atoms with Crippen LogP contribution in [0.5, 0.6) is 0 Å². The Labute approximate surface area is 108 Å². The van der Waals surface area contributed by atoms with Crippen molar-refractivity contribution in [2.24, 2.45) is 0 Å². The van der Waals surface area contributed by atoms with Crippen LogP contribution in [0.15, 0.2) is 34.4 Å². The van der Waals surface area contributed by atoms with Crippen molar-refractivity contribution < 1.29 is 9.18 Å². The molecule has 4 heteroatoms. The van der Waals surface area contributed by atoms with Gasteiger partial charge in [0, 0.05) is 22.7 Å². The maximum atomic E-state index is 13.5. The van der Waals surface area contributed by atoms with Gasteiger partial charge in [-0.15, -0.1) is 0 Å². The van der Waals surface area contributed by atoms with Crippen molar-refractivity contribution in [3.63, 3.8) is 0 Å². The number of hydrogen-bond donors (Lipinski definition) is 1. The van der Waals surface area contributed by atoms with E-state index in [0.29, 0.717) is 16.6 Å². The first-order chi connectivity index (χ1) is 8.16. The van der Waals surface area contributed by atoms with Gasteiger partial charge in [-0.1, -0.05) is 15.9 Å². The minimum absolute atomic E-state index is 0.168. The average Bonchev–Trinajstić information content (AvgIpc) is 2.30. The van der Waals surface area contributed by atoms with Crippen molar-refractivity contribution in [2.45, 2.75) is 25.7 Å². The molecule has 0 unspecified atom stereocenters. The van der Waals surface area contributed by atoms with Crippen LogP contribution in [0.3, 0.4) is 0 Å². The van der Waals surface area contributed by atoms with Crippen LogP contribution in [0.4, 0.5) is 10.1 Å². The summed E-state index contributed by atoms with van der Waals surface area (Å²) in [5.74, 6) is -0.166. The molecule has 0 atom stereocenters. The SMILES string of the molecule is O=C1CCCC/C1=C/Nc1ccc(Br)cc1F. The van der Waals surface area contributed by atoms with E-state index in [-0.39, 0.29) is 11.6 Å². The van der Waals surface area contributed by atoms with E-state index in [1.165, 1.54) is 6.07 Å². The number of carbonyl (C=O) groups excluding carboxylic acids is 1. The van der Waals surface area contributed by atoms with Crippen molar-refractivity contribution in [3.05, 3.63) is 40.3 Å². The molecule has 0 radical (unpaired) electrons. The van der Waals surface area contributed by atoms with Crippen molar-refractivity contribution in [3.8, 4) is 0 Å². The van der Waals surface area contributed by atoms with Crippen LogP contribution in [0.25, 0.3) is 0 Å². The second-order valence-electron chi connectivity index (χ2n) is 4.07. The standard InChI is InChI=1S/C13H13BrFNO/c14-10-5-6-12(11(15)7-10)16-8-9-3-1-2-4-13(9)17/h5-8,16H,1-4H2/b9-8-. The van der Waals surface area contributed by atoms with E-state index in [0.717, 1.165) is 24.8 Å². The third-order valence-electron chi connectivity index (χ3n) is 2.79. The van der Waals surface area contributed by atoms with Gasteiger partial charge >= 0.3 is 0 Å². The molecule has 1 saturated carbocycles. The van der Waals surface area contributed by atoms with E-state index in [1.807, 2.05) is 0 Å². The molecule has 0 amide bonds. The predicted molar refractivity (Wildman–Crippen MR) is 69.3 cm³/mol. The third-order valence-corrected chi connectivity index (χ3v) is 3.28. The second-order valence-corrected chi connectivity index (χ2v) is 4.98. The summed E-state index contributed by atoms with van der Waals surface area (Å²) >= 11 is 3.20. The van der Waals surface area contributed by atoms with Gasteiger partial charge in [-0.2, -0.15) is 0 Å². The number of allylic oxidation sites excluding steroid dienone is 1. The summed E-state index contributed by atoms with van der Waals surface area (Å²) in [6.07, 6.45) is 5.01. The van der Waals surface area contributed by atoms with Crippen molar-refractivity contribution in [1.29, 1.82) is 0 Å². The molecule has 0 spiro atoms.